The molecule has 0 heterocycles. The smallest absolute Gasteiger partial charge is 0.0163 e. The summed E-state index contributed by atoms with van der Waals surface area (Å²) < 4.78 is 0. The summed E-state index contributed by atoms with van der Waals surface area (Å²) in [5.41, 5.74) is 0. The highest BCUT2D eigenvalue weighted by molar-refractivity contribution is 5.12. The molecule has 0 spiro atoms. The quantitative estimate of drug-likeness (QED) is 0.479. The van der Waals surface area contributed by atoms with Crippen LogP contribution in [0.15, 0.2) is 60.8 Å². The molecule has 0 unspecified atom stereocenters. The molecule has 0 saturated heterocycles. The topological polar surface area (TPSA) is 0 Å². The van der Waals surface area contributed by atoms with E-state index in [0.29, 0.717) is 0 Å². The lowest BCUT2D eigenvalue weighted by molar-refractivity contribution is 0.718. The van der Waals surface area contributed by atoms with Crippen molar-refractivity contribution in [2.75, 3.05) is 0 Å². The van der Waals surface area contributed by atoms with Crippen LogP contribution in [0.4, 0.5) is 0 Å². The molecular formula is C17H24. The summed E-state index contributed by atoms with van der Waals surface area (Å²) in [5, 5.41) is 0. The van der Waals surface area contributed by atoms with Gasteiger partial charge < -0.3 is 0 Å². The van der Waals surface area contributed by atoms with Gasteiger partial charge in [0.1, 0.15) is 0 Å². The maximum atomic E-state index is 2.30. The summed E-state index contributed by atoms with van der Waals surface area (Å²) in [6.07, 6.45) is 30.5. The third kappa shape index (κ3) is 9.62. The molecule has 0 nitrogen and oxygen atoms in total. The van der Waals surface area contributed by atoms with Crippen molar-refractivity contribution < 1.29 is 0 Å². The van der Waals surface area contributed by atoms with Crippen LogP contribution in [0.5, 0.6) is 0 Å². The van der Waals surface area contributed by atoms with E-state index in [4.69, 9.17) is 0 Å². The maximum absolute atomic E-state index is 2.30. The van der Waals surface area contributed by atoms with E-state index in [0.717, 1.165) is 12.8 Å². The van der Waals surface area contributed by atoms with Crippen molar-refractivity contribution in [3.63, 3.8) is 0 Å². The molecule has 3 rings (SSSR count). The van der Waals surface area contributed by atoms with Gasteiger partial charge in [-0.05, 0) is 38.5 Å². The summed E-state index contributed by atoms with van der Waals surface area (Å²) in [7, 11) is 0. The minimum atomic E-state index is 1.14. The molecule has 0 N–H and O–H groups in total. The first-order chi connectivity index (χ1) is 8.50. The predicted octanol–water partition coefficient (Wildman–Crippen LogP) is 5.51. The van der Waals surface area contributed by atoms with Crippen LogP contribution in [0.1, 0.15) is 44.9 Å². The Kier molecular flexibility index (Phi) is 9.06. The molecule has 0 aromatic rings. The fraction of sp³-hybridized carbons (Fsp3) is 0.412. The van der Waals surface area contributed by atoms with Gasteiger partial charge in [-0.15, -0.1) is 0 Å². The van der Waals surface area contributed by atoms with E-state index in [2.05, 4.69) is 60.8 Å². The molecule has 0 heteroatoms. The van der Waals surface area contributed by atoms with E-state index in [9.17, 15) is 0 Å². The van der Waals surface area contributed by atoms with E-state index < -0.39 is 0 Å². The van der Waals surface area contributed by atoms with E-state index in [1.807, 2.05) is 0 Å². The van der Waals surface area contributed by atoms with Crippen molar-refractivity contribution >= 4 is 0 Å². The number of allylic oxidation sites excluding steroid dienone is 10. The van der Waals surface area contributed by atoms with Gasteiger partial charge in [-0.1, -0.05) is 67.2 Å². The highest BCUT2D eigenvalue weighted by Gasteiger charge is 1.88. The molecule has 92 valence electrons. The molecule has 0 aromatic carbocycles. The summed E-state index contributed by atoms with van der Waals surface area (Å²) in [4.78, 5) is 0. The highest BCUT2D eigenvalue weighted by atomic mass is 13.9. The zero-order chi connectivity index (χ0) is 12.0. The van der Waals surface area contributed by atoms with Crippen LogP contribution in [0.25, 0.3) is 0 Å². The summed E-state index contributed by atoms with van der Waals surface area (Å²) >= 11 is 0. The minimum absolute atomic E-state index is 1.14. The van der Waals surface area contributed by atoms with Gasteiger partial charge in [0.15, 0.2) is 0 Å². The second kappa shape index (κ2) is 11.2. The Morgan fingerprint density at radius 1 is 0.412 bits per heavy atom. The van der Waals surface area contributed by atoms with E-state index in [1.54, 1.807) is 0 Å². The van der Waals surface area contributed by atoms with E-state index in [1.165, 1.54) is 32.1 Å². The number of rotatable bonds is 0. The lowest BCUT2D eigenvalue weighted by atomic mass is 10.2. The Balaban J connectivity index is 0.000000130. The highest BCUT2D eigenvalue weighted by Crippen LogP contribution is 2.08. The molecule has 3 aliphatic carbocycles. The van der Waals surface area contributed by atoms with Crippen molar-refractivity contribution in [3.05, 3.63) is 60.8 Å². The Morgan fingerprint density at radius 3 is 1.12 bits per heavy atom. The predicted molar refractivity (Wildman–Crippen MR) is 78.0 cm³/mol. The Labute approximate surface area is 106 Å². The van der Waals surface area contributed by atoms with Gasteiger partial charge >= 0.3 is 0 Å². The lowest BCUT2D eigenvalue weighted by Crippen LogP contribution is -1.67. The molecule has 0 saturated carbocycles. The van der Waals surface area contributed by atoms with Crippen molar-refractivity contribution in [2.45, 2.75) is 44.9 Å². The van der Waals surface area contributed by atoms with Gasteiger partial charge in [0.25, 0.3) is 0 Å². The third-order valence-electron chi connectivity index (χ3n) is 2.72. The molecule has 0 bridgehead atoms. The molecule has 0 fully saturated rings. The van der Waals surface area contributed by atoms with Crippen LogP contribution in [-0.4, -0.2) is 0 Å². The van der Waals surface area contributed by atoms with Crippen LogP contribution >= 0.6 is 0 Å². The van der Waals surface area contributed by atoms with Crippen LogP contribution in [0.2, 0.25) is 0 Å². The average molecular weight is 228 g/mol. The maximum Gasteiger partial charge on any atom is -0.0163 e. The number of hydrogen-bond acceptors (Lipinski definition) is 0. The van der Waals surface area contributed by atoms with Crippen LogP contribution in [0.3, 0.4) is 0 Å². The van der Waals surface area contributed by atoms with Gasteiger partial charge in [-0.2, -0.15) is 0 Å². The molecule has 0 amide bonds. The van der Waals surface area contributed by atoms with E-state index >= 15 is 0 Å². The van der Waals surface area contributed by atoms with Crippen molar-refractivity contribution in [1.29, 1.82) is 0 Å². The second-order valence-corrected chi connectivity index (χ2v) is 4.29. The molecule has 0 aromatic heterocycles. The number of hydrogen-bond donors (Lipinski definition) is 0. The summed E-state index contributed by atoms with van der Waals surface area (Å²) in [5.74, 6) is 0. The average Bonchev–Trinajstić information content (AvgIpc) is 3.04. The third-order valence-corrected chi connectivity index (χ3v) is 2.72. The summed E-state index contributed by atoms with van der Waals surface area (Å²) in [6, 6.07) is 0. The van der Waals surface area contributed by atoms with Gasteiger partial charge in [0.05, 0.1) is 0 Å². The SMILES string of the molecule is C1=CCC=C1.C1=CCC=C1.C1=CCCCCC1. The zero-order valence-corrected chi connectivity index (χ0v) is 10.7. The standard InChI is InChI=1S/C7H12.2C5H6/c1-2-4-6-7-5-3-1;2*1-2-4-5-3-1/h1-2H,3-7H2;2*1-4H,5H2. The first-order valence-electron chi connectivity index (χ1n) is 6.78. The monoisotopic (exact) mass is 228 g/mol. The van der Waals surface area contributed by atoms with Crippen molar-refractivity contribution in [3.8, 4) is 0 Å². The van der Waals surface area contributed by atoms with E-state index in [-0.39, 0.29) is 0 Å². The van der Waals surface area contributed by atoms with Crippen LogP contribution < -0.4 is 0 Å². The van der Waals surface area contributed by atoms with Gasteiger partial charge in [-0.3, -0.25) is 0 Å². The van der Waals surface area contributed by atoms with Gasteiger partial charge in [-0.25, -0.2) is 0 Å². The Morgan fingerprint density at radius 2 is 0.824 bits per heavy atom. The molecule has 0 aliphatic heterocycles. The molecule has 0 radical (unpaired) electrons. The largest absolute Gasteiger partial charge is 0.0885 e. The first kappa shape index (κ1) is 13.8. The molecular weight excluding hydrogens is 204 g/mol. The Hall–Kier alpha value is -1.30. The molecule has 0 atom stereocenters. The molecule has 17 heavy (non-hydrogen) atoms. The fourth-order valence-corrected chi connectivity index (χ4v) is 1.72. The minimum Gasteiger partial charge on any atom is -0.0885 e. The van der Waals surface area contributed by atoms with Gasteiger partial charge in [0.2, 0.25) is 0 Å². The first-order valence-corrected chi connectivity index (χ1v) is 6.78. The van der Waals surface area contributed by atoms with Crippen LogP contribution in [0, 0.1) is 0 Å². The molecule has 3 aliphatic rings. The lowest BCUT2D eigenvalue weighted by Gasteiger charge is -1.86. The Bertz CT molecular complexity index is 250. The van der Waals surface area contributed by atoms with Gasteiger partial charge in [0, 0.05) is 0 Å². The summed E-state index contributed by atoms with van der Waals surface area (Å²) in [6.45, 7) is 0. The second-order valence-electron chi connectivity index (χ2n) is 4.29. The van der Waals surface area contributed by atoms with Crippen molar-refractivity contribution in [1.82, 2.24) is 0 Å². The van der Waals surface area contributed by atoms with Crippen LogP contribution in [-0.2, 0) is 0 Å². The normalized spacial score (nSPS) is 19.3. The fourth-order valence-electron chi connectivity index (χ4n) is 1.72. The zero-order valence-electron chi connectivity index (χ0n) is 10.7. The van der Waals surface area contributed by atoms with Crippen molar-refractivity contribution in [2.24, 2.45) is 0 Å².